The highest BCUT2D eigenvalue weighted by molar-refractivity contribution is 5.75. The molecule has 0 saturated heterocycles. The number of hydrogen-bond acceptors (Lipinski definition) is 4. The van der Waals surface area contributed by atoms with Crippen LogP contribution in [-0.2, 0) is 14.3 Å². The molecule has 0 saturated carbocycles. The number of hydrogen-bond donors (Lipinski definition) is 1. The van der Waals surface area contributed by atoms with E-state index >= 15 is 0 Å². The third-order valence-electron chi connectivity index (χ3n) is 2.84. The van der Waals surface area contributed by atoms with Gasteiger partial charge in [-0.2, -0.15) is 0 Å². The SMILES string of the molecule is CC(C)CO[C@@H](c1ccccc1)[C@H](C)OC(=O)[C@H](C)N. The van der Waals surface area contributed by atoms with Crippen LogP contribution in [0.5, 0.6) is 0 Å². The van der Waals surface area contributed by atoms with E-state index in [1.54, 1.807) is 6.92 Å². The Labute approximate surface area is 121 Å². The average Bonchev–Trinajstić information content (AvgIpc) is 2.39. The Morgan fingerprint density at radius 1 is 1.15 bits per heavy atom. The van der Waals surface area contributed by atoms with Crippen LogP contribution in [0.1, 0.15) is 39.4 Å². The Kier molecular flexibility index (Phi) is 6.68. The van der Waals surface area contributed by atoms with Crippen LogP contribution in [-0.4, -0.2) is 24.7 Å². The maximum atomic E-state index is 11.6. The molecule has 20 heavy (non-hydrogen) atoms. The van der Waals surface area contributed by atoms with Crippen LogP contribution in [0, 0.1) is 5.92 Å². The highest BCUT2D eigenvalue weighted by atomic mass is 16.6. The van der Waals surface area contributed by atoms with E-state index in [0.717, 1.165) is 5.56 Å². The number of rotatable bonds is 7. The summed E-state index contributed by atoms with van der Waals surface area (Å²) in [5.74, 6) is 0.00382. The van der Waals surface area contributed by atoms with E-state index in [9.17, 15) is 4.79 Å². The van der Waals surface area contributed by atoms with E-state index < -0.39 is 12.0 Å². The fraction of sp³-hybridized carbons (Fsp3) is 0.562. The lowest BCUT2D eigenvalue weighted by Crippen LogP contribution is -2.34. The summed E-state index contributed by atoms with van der Waals surface area (Å²) in [6.45, 7) is 8.22. The average molecular weight is 279 g/mol. The molecule has 0 aromatic heterocycles. The molecule has 3 atom stereocenters. The largest absolute Gasteiger partial charge is 0.458 e. The first-order chi connectivity index (χ1) is 9.41. The molecule has 0 aliphatic heterocycles. The highest BCUT2D eigenvalue weighted by Gasteiger charge is 2.25. The number of nitrogens with two attached hydrogens (primary N) is 1. The van der Waals surface area contributed by atoms with Crippen molar-refractivity contribution in [3.8, 4) is 0 Å². The van der Waals surface area contributed by atoms with Crippen LogP contribution in [0.25, 0.3) is 0 Å². The van der Waals surface area contributed by atoms with Crippen LogP contribution in [0.2, 0.25) is 0 Å². The molecule has 4 nitrogen and oxygen atoms in total. The molecule has 1 aromatic carbocycles. The van der Waals surface area contributed by atoms with Gasteiger partial charge in [-0.15, -0.1) is 0 Å². The van der Waals surface area contributed by atoms with Crippen molar-refractivity contribution in [2.75, 3.05) is 6.61 Å². The predicted molar refractivity (Wildman–Crippen MR) is 79.2 cm³/mol. The summed E-state index contributed by atoms with van der Waals surface area (Å²) in [4.78, 5) is 11.6. The monoisotopic (exact) mass is 279 g/mol. The zero-order valence-corrected chi connectivity index (χ0v) is 12.7. The van der Waals surface area contributed by atoms with Gasteiger partial charge in [-0.05, 0) is 25.3 Å². The second-order valence-corrected chi connectivity index (χ2v) is 5.49. The summed E-state index contributed by atoms with van der Waals surface area (Å²) in [7, 11) is 0. The van der Waals surface area contributed by atoms with E-state index in [0.29, 0.717) is 12.5 Å². The van der Waals surface area contributed by atoms with Crippen LogP contribution in [0.3, 0.4) is 0 Å². The maximum absolute atomic E-state index is 11.6. The normalized spacial score (nSPS) is 15.7. The highest BCUT2D eigenvalue weighted by Crippen LogP contribution is 2.24. The van der Waals surface area contributed by atoms with Crippen molar-refractivity contribution in [2.24, 2.45) is 11.7 Å². The molecule has 0 heterocycles. The number of carbonyl (C=O) groups excluding carboxylic acids is 1. The standard InChI is InChI=1S/C16H25NO3/c1-11(2)10-19-15(14-8-6-5-7-9-14)13(4)20-16(18)12(3)17/h5-9,11-13,15H,10,17H2,1-4H3/t12-,13-,15+/m0/s1. The van der Waals surface area contributed by atoms with Gasteiger partial charge in [0.2, 0.25) is 0 Å². The van der Waals surface area contributed by atoms with Crippen LogP contribution in [0.4, 0.5) is 0 Å². The molecule has 0 fully saturated rings. The molecule has 0 aliphatic carbocycles. The van der Waals surface area contributed by atoms with Crippen molar-refractivity contribution in [1.29, 1.82) is 0 Å². The van der Waals surface area contributed by atoms with Crippen molar-refractivity contribution < 1.29 is 14.3 Å². The third kappa shape index (κ3) is 5.31. The molecule has 4 heteroatoms. The fourth-order valence-corrected chi connectivity index (χ4v) is 1.79. The molecule has 0 unspecified atom stereocenters. The van der Waals surface area contributed by atoms with E-state index in [2.05, 4.69) is 13.8 Å². The molecular weight excluding hydrogens is 254 g/mol. The van der Waals surface area contributed by atoms with Gasteiger partial charge in [0.1, 0.15) is 18.2 Å². The van der Waals surface area contributed by atoms with E-state index in [1.807, 2.05) is 37.3 Å². The molecule has 0 amide bonds. The lowest BCUT2D eigenvalue weighted by Gasteiger charge is -2.26. The maximum Gasteiger partial charge on any atom is 0.322 e. The summed E-state index contributed by atoms with van der Waals surface area (Å²) in [6.07, 6.45) is -0.657. The van der Waals surface area contributed by atoms with Gasteiger partial charge in [0.15, 0.2) is 0 Å². The Hall–Kier alpha value is -1.39. The lowest BCUT2D eigenvalue weighted by atomic mass is 10.0. The van der Waals surface area contributed by atoms with Gasteiger partial charge in [-0.1, -0.05) is 44.2 Å². The second-order valence-electron chi connectivity index (χ2n) is 5.49. The fourth-order valence-electron chi connectivity index (χ4n) is 1.79. The van der Waals surface area contributed by atoms with Gasteiger partial charge in [-0.3, -0.25) is 4.79 Å². The van der Waals surface area contributed by atoms with Crippen molar-refractivity contribution in [3.05, 3.63) is 35.9 Å². The Morgan fingerprint density at radius 2 is 1.75 bits per heavy atom. The van der Waals surface area contributed by atoms with Crippen LogP contribution >= 0.6 is 0 Å². The number of ether oxygens (including phenoxy) is 2. The first kappa shape index (κ1) is 16.7. The van der Waals surface area contributed by atoms with Gasteiger partial charge in [0, 0.05) is 6.61 Å². The van der Waals surface area contributed by atoms with Gasteiger partial charge in [0.25, 0.3) is 0 Å². The lowest BCUT2D eigenvalue weighted by molar-refractivity contribution is -0.158. The number of carbonyl (C=O) groups is 1. The zero-order chi connectivity index (χ0) is 15.1. The second kappa shape index (κ2) is 8.02. The van der Waals surface area contributed by atoms with Gasteiger partial charge in [0.05, 0.1) is 0 Å². The molecule has 0 aliphatic rings. The minimum atomic E-state index is -0.626. The first-order valence-electron chi connectivity index (χ1n) is 7.04. The summed E-state index contributed by atoms with van der Waals surface area (Å²) >= 11 is 0. The molecule has 2 N–H and O–H groups in total. The molecule has 0 bridgehead atoms. The smallest absolute Gasteiger partial charge is 0.322 e. The summed E-state index contributed by atoms with van der Waals surface area (Å²) < 4.78 is 11.3. The Balaban J connectivity index is 2.79. The van der Waals surface area contributed by atoms with Crippen LogP contribution < -0.4 is 5.73 Å². The third-order valence-corrected chi connectivity index (χ3v) is 2.84. The topological polar surface area (TPSA) is 61.5 Å². The predicted octanol–water partition coefficient (Wildman–Crippen LogP) is 2.68. The van der Waals surface area contributed by atoms with Gasteiger partial charge < -0.3 is 15.2 Å². The minimum absolute atomic E-state index is 0.277. The van der Waals surface area contributed by atoms with Gasteiger partial charge in [-0.25, -0.2) is 0 Å². The summed E-state index contributed by atoms with van der Waals surface area (Å²) in [6, 6.07) is 9.16. The van der Waals surface area contributed by atoms with Crippen molar-refractivity contribution in [3.63, 3.8) is 0 Å². The van der Waals surface area contributed by atoms with E-state index in [1.165, 1.54) is 0 Å². The van der Waals surface area contributed by atoms with E-state index in [4.69, 9.17) is 15.2 Å². The molecule has 1 aromatic rings. The molecule has 112 valence electrons. The van der Waals surface area contributed by atoms with Crippen molar-refractivity contribution >= 4 is 5.97 Å². The van der Waals surface area contributed by atoms with Crippen molar-refractivity contribution in [1.82, 2.24) is 0 Å². The Bertz CT molecular complexity index is 403. The summed E-state index contributed by atoms with van der Waals surface area (Å²) in [5.41, 5.74) is 6.53. The van der Waals surface area contributed by atoms with Crippen molar-refractivity contribution in [2.45, 2.75) is 45.9 Å². The minimum Gasteiger partial charge on any atom is -0.458 e. The first-order valence-corrected chi connectivity index (χ1v) is 7.04. The summed E-state index contributed by atoms with van der Waals surface area (Å²) in [5, 5.41) is 0. The molecular formula is C16H25NO3. The Morgan fingerprint density at radius 3 is 2.25 bits per heavy atom. The molecule has 0 spiro atoms. The molecule has 1 rings (SSSR count). The number of benzene rings is 1. The van der Waals surface area contributed by atoms with E-state index in [-0.39, 0.29) is 12.2 Å². The zero-order valence-electron chi connectivity index (χ0n) is 12.7. The number of esters is 1. The van der Waals surface area contributed by atoms with Crippen LogP contribution in [0.15, 0.2) is 30.3 Å². The molecule has 0 radical (unpaired) electrons. The van der Waals surface area contributed by atoms with Gasteiger partial charge >= 0.3 is 5.97 Å². The quantitative estimate of drug-likeness (QED) is 0.779.